The first kappa shape index (κ1) is 14.7. The molecule has 1 N–H and O–H groups in total. The van der Waals surface area contributed by atoms with Crippen molar-refractivity contribution in [2.75, 3.05) is 18.1 Å². The Morgan fingerprint density at radius 2 is 2.12 bits per heavy atom. The van der Waals surface area contributed by atoms with Crippen molar-refractivity contribution < 1.29 is 5.11 Å². The van der Waals surface area contributed by atoms with Crippen LogP contribution in [-0.4, -0.2) is 34.3 Å². The number of anilines is 1. The molecule has 96 valence electrons. The van der Waals surface area contributed by atoms with Crippen molar-refractivity contribution in [3.8, 4) is 0 Å². The number of rotatable bonds is 6. The summed E-state index contributed by atoms with van der Waals surface area (Å²) < 4.78 is 0.794. The Labute approximate surface area is 115 Å². The number of aliphatic hydroxyl groups excluding tert-OH is 1. The third-order valence-electron chi connectivity index (χ3n) is 2.69. The molecule has 17 heavy (non-hydrogen) atoms. The molecular formula is C11H17BrClN3O. The number of aliphatic hydroxyl groups is 1. The van der Waals surface area contributed by atoms with Crippen LogP contribution in [0.3, 0.4) is 0 Å². The molecule has 0 bridgehead atoms. The van der Waals surface area contributed by atoms with Crippen molar-refractivity contribution >= 4 is 33.3 Å². The zero-order chi connectivity index (χ0) is 12.8. The minimum Gasteiger partial charge on any atom is -0.395 e. The van der Waals surface area contributed by atoms with E-state index >= 15 is 0 Å². The minimum absolute atomic E-state index is 0.0879. The summed E-state index contributed by atoms with van der Waals surface area (Å²) in [5.41, 5.74) is 0. The lowest BCUT2D eigenvalue weighted by atomic mass is 10.1. The van der Waals surface area contributed by atoms with E-state index in [9.17, 15) is 0 Å². The molecule has 0 spiro atoms. The van der Waals surface area contributed by atoms with Gasteiger partial charge in [-0.2, -0.15) is 4.98 Å². The summed E-state index contributed by atoms with van der Waals surface area (Å²) in [6, 6.07) is 0.337. The van der Waals surface area contributed by atoms with E-state index < -0.39 is 0 Å². The monoisotopic (exact) mass is 321 g/mol. The van der Waals surface area contributed by atoms with Crippen LogP contribution in [-0.2, 0) is 0 Å². The Balaban J connectivity index is 3.07. The van der Waals surface area contributed by atoms with Crippen LogP contribution < -0.4 is 4.90 Å². The van der Waals surface area contributed by atoms with Gasteiger partial charge in [-0.25, -0.2) is 4.98 Å². The van der Waals surface area contributed by atoms with Crippen LogP contribution >= 0.6 is 27.5 Å². The van der Waals surface area contributed by atoms with E-state index in [-0.39, 0.29) is 11.9 Å². The van der Waals surface area contributed by atoms with E-state index in [4.69, 9.17) is 16.7 Å². The third-order valence-corrected chi connectivity index (χ3v) is 3.43. The summed E-state index contributed by atoms with van der Waals surface area (Å²) in [4.78, 5) is 10.2. The van der Waals surface area contributed by atoms with Crippen LogP contribution in [0.1, 0.15) is 26.7 Å². The Bertz CT molecular complexity index is 361. The second-order valence-electron chi connectivity index (χ2n) is 3.70. The predicted octanol–water partition coefficient (Wildman–Crippen LogP) is 2.88. The average molecular weight is 323 g/mol. The summed E-state index contributed by atoms with van der Waals surface area (Å²) in [7, 11) is 0. The minimum atomic E-state index is 0.0879. The van der Waals surface area contributed by atoms with Gasteiger partial charge in [0, 0.05) is 18.8 Å². The summed E-state index contributed by atoms with van der Waals surface area (Å²) >= 11 is 9.24. The van der Waals surface area contributed by atoms with Gasteiger partial charge in [-0.05, 0) is 40.4 Å². The zero-order valence-corrected chi connectivity index (χ0v) is 12.4. The van der Waals surface area contributed by atoms with Crippen molar-refractivity contribution in [1.82, 2.24) is 9.97 Å². The van der Waals surface area contributed by atoms with E-state index in [1.54, 1.807) is 6.20 Å². The first-order valence-electron chi connectivity index (χ1n) is 5.69. The molecule has 1 aromatic heterocycles. The maximum Gasteiger partial charge on any atom is 0.224 e. The topological polar surface area (TPSA) is 49.2 Å². The summed E-state index contributed by atoms with van der Waals surface area (Å²) in [6.07, 6.45) is 3.62. The second-order valence-corrected chi connectivity index (χ2v) is 4.89. The highest BCUT2D eigenvalue weighted by atomic mass is 79.9. The predicted molar refractivity (Wildman–Crippen MR) is 73.5 cm³/mol. The van der Waals surface area contributed by atoms with Crippen LogP contribution in [0.25, 0.3) is 0 Å². The van der Waals surface area contributed by atoms with Gasteiger partial charge in [0.25, 0.3) is 0 Å². The SMILES string of the molecule is CCC(CC)N(CCO)c1nc(Cl)ncc1Br. The Morgan fingerprint density at radius 3 is 2.65 bits per heavy atom. The highest BCUT2D eigenvalue weighted by Crippen LogP contribution is 2.27. The van der Waals surface area contributed by atoms with Gasteiger partial charge in [-0.3, -0.25) is 0 Å². The van der Waals surface area contributed by atoms with Crippen molar-refractivity contribution in [1.29, 1.82) is 0 Å². The summed E-state index contributed by atoms with van der Waals surface area (Å²) in [5, 5.41) is 9.38. The number of hydrogen-bond acceptors (Lipinski definition) is 4. The molecule has 0 fully saturated rings. The highest BCUT2D eigenvalue weighted by Gasteiger charge is 2.19. The van der Waals surface area contributed by atoms with Crippen molar-refractivity contribution in [3.05, 3.63) is 16.0 Å². The van der Waals surface area contributed by atoms with E-state index in [1.807, 2.05) is 0 Å². The summed E-state index contributed by atoms with van der Waals surface area (Å²) in [6.45, 7) is 4.87. The molecule has 0 saturated heterocycles. The zero-order valence-electron chi connectivity index (χ0n) is 10.0. The molecule has 0 aliphatic heterocycles. The molecule has 1 aromatic rings. The largest absolute Gasteiger partial charge is 0.395 e. The normalized spacial score (nSPS) is 10.9. The van der Waals surface area contributed by atoms with E-state index in [0.717, 1.165) is 23.1 Å². The molecule has 4 nitrogen and oxygen atoms in total. The average Bonchev–Trinajstić information content (AvgIpc) is 2.33. The molecule has 6 heteroatoms. The second kappa shape index (κ2) is 7.13. The fourth-order valence-electron chi connectivity index (χ4n) is 1.84. The maximum atomic E-state index is 9.16. The highest BCUT2D eigenvalue weighted by molar-refractivity contribution is 9.10. The lowest BCUT2D eigenvalue weighted by Crippen LogP contribution is -2.37. The fourth-order valence-corrected chi connectivity index (χ4v) is 2.38. The van der Waals surface area contributed by atoms with Crippen molar-refractivity contribution in [2.45, 2.75) is 32.7 Å². The van der Waals surface area contributed by atoms with E-state index in [0.29, 0.717) is 12.6 Å². The lowest BCUT2D eigenvalue weighted by Gasteiger charge is -2.31. The van der Waals surface area contributed by atoms with Gasteiger partial charge in [-0.15, -0.1) is 0 Å². The van der Waals surface area contributed by atoms with Crippen LogP contribution in [0.5, 0.6) is 0 Å². The molecule has 0 aliphatic carbocycles. The quantitative estimate of drug-likeness (QED) is 0.818. The van der Waals surface area contributed by atoms with Gasteiger partial charge in [0.05, 0.1) is 11.1 Å². The standard InChI is InChI=1S/C11H17BrClN3O/c1-3-8(4-2)16(5-6-17)10-9(12)7-14-11(13)15-10/h7-8,17H,3-6H2,1-2H3. The van der Waals surface area contributed by atoms with Crippen molar-refractivity contribution in [3.63, 3.8) is 0 Å². The Kier molecular flexibility index (Phi) is 6.16. The fraction of sp³-hybridized carbons (Fsp3) is 0.636. The molecule has 0 unspecified atom stereocenters. The van der Waals surface area contributed by atoms with Gasteiger partial charge in [0.2, 0.25) is 5.28 Å². The number of halogens is 2. The van der Waals surface area contributed by atoms with Gasteiger partial charge >= 0.3 is 0 Å². The lowest BCUT2D eigenvalue weighted by molar-refractivity contribution is 0.295. The molecule has 0 atom stereocenters. The molecule has 1 rings (SSSR count). The Hall–Kier alpha value is -0.390. The first-order chi connectivity index (χ1) is 8.13. The van der Waals surface area contributed by atoms with Crippen molar-refractivity contribution in [2.24, 2.45) is 0 Å². The first-order valence-corrected chi connectivity index (χ1v) is 6.86. The molecule has 0 saturated carbocycles. The van der Waals surface area contributed by atoms with Crippen LogP contribution in [0.2, 0.25) is 5.28 Å². The molecular weight excluding hydrogens is 305 g/mol. The van der Waals surface area contributed by atoms with Gasteiger partial charge < -0.3 is 10.0 Å². The van der Waals surface area contributed by atoms with Gasteiger partial charge in [0.15, 0.2) is 0 Å². The molecule has 0 radical (unpaired) electrons. The number of hydrogen-bond donors (Lipinski definition) is 1. The molecule has 0 amide bonds. The van der Waals surface area contributed by atoms with Crippen LogP contribution in [0.15, 0.2) is 10.7 Å². The van der Waals surface area contributed by atoms with Gasteiger partial charge in [-0.1, -0.05) is 13.8 Å². The third kappa shape index (κ3) is 3.79. The number of aromatic nitrogens is 2. The maximum absolute atomic E-state index is 9.16. The number of nitrogens with zero attached hydrogens (tertiary/aromatic N) is 3. The molecule has 1 heterocycles. The van der Waals surface area contributed by atoms with Crippen LogP contribution in [0, 0.1) is 0 Å². The van der Waals surface area contributed by atoms with E-state index in [2.05, 4.69) is 44.6 Å². The smallest absolute Gasteiger partial charge is 0.224 e. The van der Waals surface area contributed by atoms with Crippen LogP contribution in [0.4, 0.5) is 5.82 Å². The van der Waals surface area contributed by atoms with E-state index in [1.165, 1.54) is 0 Å². The molecule has 0 aliphatic rings. The Morgan fingerprint density at radius 1 is 1.47 bits per heavy atom. The summed E-state index contributed by atoms with van der Waals surface area (Å²) in [5.74, 6) is 0.743. The van der Waals surface area contributed by atoms with Gasteiger partial charge in [0.1, 0.15) is 5.82 Å². The molecule has 0 aromatic carbocycles.